The molecule has 1 saturated heterocycles. The average Bonchev–Trinajstić information content (AvgIpc) is 2.74. The molecule has 0 aromatic heterocycles. The van der Waals surface area contributed by atoms with Gasteiger partial charge in [-0.15, -0.1) is 0 Å². The molecule has 172 valence electrons. The minimum Gasteiger partial charge on any atom is -0.385 e. The van der Waals surface area contributed by atoms with Gasteiger partial charge in [-0.2, -0.15) is 0 Å². The number of anilines is 1. The van der Waals surface area contributed by atoms with Crippen LogP contribution in [0, 0.1) is 5.92 Å². The molecule has 0 bridgehead atoms. The summed E-state index contributed by atoms with van der Waals surface area (Å²) in [4.78, 5) is 19.4. The summed E-state index contributed by atoms with van der Waals surface area (Å²) in [6.07, 6.45) is 6.48. The fraction of sp³-hybridized carbons (Fsp3) is 0.667. The normalized spacial score (nSPS) is 18.0. The second-order valence-electron chi connectivity index (χ2n) is 8.39. The quantitative estimate of drug-likeness (QED) is 0.338. The summed E-state index contributed by atoms with van der Waals surface area (Å²) < 4.78 is 11.1. The highest BCUT2D eigenvalue weighted by atomic mass is 16.5. The highest BCUT2D eigenvalue weighted by Crippen LogP contribution is 2.27. The maximum atomic E-state index is 12.2. The molecule has 1 saturated carbocycles. The third kappa shape index (κ3) is 7.51. The van der Waals surface area contributed by atoms with E-state index in [1.165, 1.54) is 0 Å². The van der Waals surface area contributed by atoms with Gasteiger partial charge in [-0.1, -0.05) is 18.6 Å². The zero-order chi connectivity index (χ0) is 21.9. The number of rotatable bonds is 10. The number of carbonyl (C=O) groups is 1. The zero-order valence-electron chi connectivity index (χ0n) is 19.1. The Balaban J connectivity index is 1.50. The number of likely N-dealkylation sites (tertiary alicyclic amines) is 1. The fourth-order valence-electron chi connectivity index (χ4n) is 3.94. The number of guanidine groups is 1. The number of hydrogen-bond donors (Lipinski definition) is 2. The number of carbonyl (C=O) groups excluding carboxylic acids is 1. The van der Waals surface area contributed by atoms with Crippen LogP contribution in [-0.2, 0) is 20.8 Å². The van der Waals surface area contributed by atoms with E-state index in [-0.39, 0.29) is 11.8 Å². The highest BCUT2D eigenvalue weighted by Gasteiger charge is 2.25. The minimum atomic E-state index is 0.146. The molecule has 7 heteroatoms. The van der Waals surface area contributed by atoms with E-state index in [2.05, 4.69) is 28.5 Å². The molecule has 2 N–H and O–H groups in total. The van der Waals surface area contributed by atoms with Crippen molar-refractivity contribution < 1.29 is 14.3 Å². The van der Waals surface area contributed by atoms with Gasteiger partial charge in [0.1, 0.15) is 0 Å². The molecule has 3 rings (SSSR count). The molecule has 2 aliphatic rings. The summed E-state index contributed by atoms with van der Waals surface area (Å²) in [7, 11) is 1.72. The van der Waals surface area contributed by atoms with Crippen LogP contribution < -0.4 is 10.6 Å². The molecule has 1 aliphatic heterocycles. The molecule has 1 amide bonds. The number of benzene rings is 1. The first-order chi connectivity index (χ1) is 15.2. The molecule has 0 atom stereocenters. The van der Waals surface area contributed by atoms with Gasteiger partial charge in [0.05, 0.1) is 12.6 Å². The standard InChI is InChI=1S/C24H38N4O3/c1-3-25-24(28-13-11-22(12-14-28)31-16-6-15-30-2)26-18-19-7-4-10-21(17-19)27-23(29)20-8-5-9-20/h4,7,10,17,20,22H,3,5-6,8-9,11-16,18H2,1-2H3,(H,25,26)(H,27,29). The summed E-state index contributed by atoms with van der Waals surface area (Å²) in [5.41, 5.74) is 1.96. The molecule has 0 unspecified atom stereocenters. The van der Waals surface area contributed by atoms with Crippen LogP contribution in [0.4, 0.5) is 5.69 Å². The Bertz CT molecular complexity index is 713. The van der Waals surface area contributed by atoms with Crippen LogP contribution in [0.3, 0.4) is 0 Å². The monoisotopic (exact) mass is 430 g/mol. The summed E-state index contributed by atoms with van der Waals surface area (Å²) in [6.45, 7) is 6.92. The number of nitrogens with one attached hydrogen (secondary N) is 2. The topological polar surface area (TPSA) is 75.2 Å². The van der Waals surface area contributed by atoms with Crippen molar-refractivity contribution in [3.8, 4) is 0 Å². The van der Waals surface area contributed by atoms with Crippen molar-refractivity contribution in [2.24, 2.45) is 10.9 Å². The number of amides is 1. The fourth-order valence-corrected chi connectivity index (χ4v) is 3.94. The molecule has 1 aromatic carbocycles. The smallest absolute Gasteiger partial charge is 0.227 e. The van der Waals surface area contributed by atoms with E-state index in [9.17, 15) is 4.79 Å². The van der Waals surface area contributed by atoms with Crippen LogP contribution in [-0.4, -0.2) is 62.8 Å². The van der Waals surface area contributed by atoms with Gasteiger partial charge in [0.25, 0.3) is 0 Å². The van der Waals surface area contributed by atoms with E-state index >= 15 is 0 Å². The molecular formula is C24H38N4O3. The molecule has 1 heterocycles. The van der Waals surface area contributed by atoms with Gasteiger partial charge in [-0.3, -0.25) is 4.79 Å². The first kappa shape index (κ1) is 23.5. The number of methoxy groups -OCH3 is 1. The molecule has 0 radical (unpaired) electrons. The van der Waals surface area contributed by atoms with Crippen LogP contribution in [0.15, 0.2) is 29.3 Å². The van der Waals surface area contributed by atoms with E-state index in [1.807, 2.05) is 18.2 Å². The number of aliphatic imine (C=N–C) groups is 1. The first-order valence-corrected chi connectivity index (χ1v) is 11.7. The van der Waals surface area contributed by atoms with E-state index in [4.69, 9.17) is 14.5 Å². The number of nitrogens with zero attached hydrogens (tertiary/aromatic N) is 2. The van der Waals surface area contributed by atoms with Gasteiger partial charge >= 0.3 is 0 Å². The number of piperidine rings is 1. The van der Waals surface area contributed by atoms with Gasteiger partial charge in [0.15, 0.2) is 5.96 Å². The van der Waals surface area contributed by atoms with Crippen LogP contribution in [0.1, 0.15) is 51.0 Å². The summed E-state index contributed by atoms with van der Waals surface area (Å²) in [6, 6.07) is 8.03. The van der Waals surface area contributed by atoms with Crippen molar-refractivity contribution in [1.29, 1.82) is 0 Å². The Labute approximate surface area is 186 Å². The molecule has 1 aliphatic carbocycles. The summed E-state index contributed by atoms with van der Waals surface area (Å²) >= 11 is 0. The Hall–Kier alpha value is -2.12. The molecular weight excluding hydrogens is 392 g/mol. The van der Waals surface area contributed by atoms with Crippen LogP contribution in [0.2, 0.25) is 0 Å². The molecule has 1 aromatic rings. The first-order valence-electron chi connectivity index (χ1n) is 11.7. The van der Waals surface area contributed by atoms with Crippen LogP contribution >= 0.6 is 0 Å². The lowest BCUT2D eigenvalue weighted by Gasteiger charge is -2.34. The second kappa shape index (κ2) is 12.7. The van der Waals surface area contributed by atoms with Crippen molar-refractivity contribution in [2.45, 2.75) is 58.1 Å². The predicted molar refractivity (Wildman–Crippen MR) is 124 cm³/mol. The highest BCUT2D eigenvalue weighted by molar-refractivity contribution is 5.93. The lowest BCUT2D eigenvalue weighted by atomic mass is 9.85. The second-order valence-corrected chi connectivity index (χ2v) is 8.39. The lowest BCUT2D eigenvalue weighted by molar-refractivity contribution is -0.122. The molecule has 2 fully saturated rings. The Morgan fingerprint density at radius 2 is 2.00 bits per heavy atom. The number of ether oxygens (including phenoxy) is 2. The van der Waals surface area contributed by atoms with Gasteiger partial charge in [0, 0.05) is 51.6 Å². The summed E-state index contributed by atoms with van der Waals surface area (Å²) in [5, 5.41) is 6.48. The van der Waals surface area contributed by atoms with E-state index in [0.717, 1.165) is 88.6 Å². The lowest BCUT2D eigenvalue weighted by Crippen LogP contribution is -2.47. The zero-order valence-corrected chi connectivity index (χ0v) is 19.1. The minimum absolute atomic E-state index is 0.146. The Morgan fingerprint density at radius 1 is 1.19 bits per heavy atom. The maximum absolute atomic E-state index is 12.2. The Kier molecular flexibility index (Phi) is 9.62. The van der Waals surface area contributed by atoms with Crippen molar-refractivity contribution in [1.82, 2.24) is 10.2 Å². The number of hydrogen-bond acceptors (Lipinski definition) is 4. The van der Waals surface area contributed by atoms with E-state index < -0.39 is 0 Å². The van der Waals surface area contributed by atoms with Crippen LogP contribution in [0.5, 0.6) is 0 Å². The van der Waals surface area contributed by atoms with Crippen molar-refractivity contribution in [3.05, 3.63) is 29.8 Å². The third-order valence-electron chi connectivity index (χ3n) is 6.00. The third-order valence-corrected chi connectivity index (χ3v) is 6.00. The van der Waals surface area contributed by atoms with Gasteiger partial charge in [-0.25, -0.2) is 4.99 Å². The van der Waals surface area contributed by atoms with E-state index in [0.29, 0.717) is 12.6 Å². The van der Waals surface area contributed by atoms with Crippen molar-refractivity contribution in [3.63, 3.8) is 0 Å². The maximum Gasteiger partial charge on any atom is 0.227 e. The molecule has 31 heavy (non-hydrogen) atoms. The largest absolute Gasteiger partial charge is 0.385 e. The van der Waals surface area contributed by atoms with Crippen molar-refractivity contribution >= 4 is 17.6 Å². The molecule has 7 nitrogen and oxygen atoms in total. The average molecular weight is 431 g/mol. The SMILES string of the molecule is CCNC(=NCc1cccc(NC(=O)C2CCC2)c1)N1CCC(OCCCOC)CC1. The Morgan fingerprint density at radius 3 is 2.68 bits per heavy atom. The van der Waals surface area contributed by atoms with Gasteiger partial charge in [0.2, 0.25) is 5.91 Å². The van der Waals surface area contributed by atoms with Crippen LogP contribution in [0.25, 0.3) is 0 Å². The predicted octanol–water partition coefficient (Wildman–Crippen LogP) is 3.41. The summed E-state index contributed by atoms with van der Waals surface area (Å²) in [5.74, 6) is 1.28. The van der Waals surface area contributed by atoms with Gasteiger partial charge in [-0.05, 0) is 56.7 Å². The van der Waals surface area contributed by atoms with Crippen molar-refractivity contribution in [2.75, 3.05) is 45.3 Å². The van der Waals surface area contributed by atoms with E-state index in [1.54, 1.807) is 7.11 Å². The molecule has 0 spiro atoms. The van der Waals surface area contributed by atoms with Gasteiger partial charge < -0.3 is 25.0 Å².